The van der Waals surface area contributed by atoms with Crippen molar-refractivity contribution in [3.8, 4) is 0 Å². The van der Waals surface area contributed by atoms with Crippen LogP contribution in [0.2, 0.25) is 0 Å². The van der Waals surface area contributed by atoms with Gasteiger partial charge in [0, 0.05) is 24.2 Å². The second-order valence-corrected chi connectivity index (χ2v) is 5.06. The molecule has 1 unspecified atom stereocenters. The van der Waals surface area contributed by atoms with Crippen molar-refractivity contribution in [1.82, 2.24) is 10.2 Å². The Morgan fingerprint density at radius 3 is 2.88 bits per heavy atom. The molecule has 1 saturated heterocycles. The molecule has 3 heteroatoms. The Morgan fingerprint density at radius 1 is 1.41 bits per heavy atom. The molecular weight excluding hydrogens is 232 g/mol. The van der Waals surface area contributed by atoms with Crippen LogP contribution >= 0.6 is 11.6 Å². The monoisotopic (exact) mass is 250 g/mol. The molecule has 0 radical (unpaired) electrons. The number of halogens is 1. The zero-order valence-corrected chi connectivity index (χ0v) is 10.8. The van der Waals surface area contributed by atoms with E-state index in [1.54, 1.807) is 0 Å². The minimum atomic E-state index is 0.398. The summed E-state index contributed by atoms with van der Waals surface area (Å²) in [5.74, 6) is 0. The topological polar surface area (TPSA) is 15.3 Å². The molecule has 1 aromatic carbocycles. The van der Waals surface area contributed by atoms with Crippen LogP contribution in [0.1, 0.15) is 18.0 Å². The molecule has 92 valence electrons. The van der Waals surface area contributed by atoms with Crippen LogP contribution in [0.4, 0.5) is 0 Å². The van der Waals surface area contributed by atoms with Gasteiger partial charge in [-0.2, -0.15) is 0 Å². The van der Waals surface area contributed by atoms with E-state index >= 15 is 0 Å². The highest BCUT2D eigenvalue weighted by atomic mass is 35.5. The van der Waals surface area contributed by atoms with Crippen LogP contribution in [0.25, 0.3) is 0 Å². The molecule has 0 amide bonds. The molecule has 0 aliphatic carbocycles. The third kappa shape index (κ3) is 3.84. The lowest BCUT2D eigenvalue weighted by atomic mass is 10.1. The van der Waals surface area contributed by atoms with Crippen LogP contribution < -0.4 is 5.32 Å². The van der Waals surface area contributed by atoms with E-state index in [0.29, 0.717) is 6.04 Å². The van der Waals surface area contributed by atoms with Crippen LogP contribution in [0, 0.1) is 0 Å². The highest BCUT2D eigenvalue weighted by molar-refractivity contribution is 6.29. The first-order valence-corrected chi connectivity index (χ1v) is 6.47. The molecular formula is C14H19ClN2. The van der Waals surface area contributed by atoms with E-state index in [4.69, 9.17) is 11.6 Å². The van der Waals surface area contributed by atoms with Gasteiger partial charge < -0.3 is 5.32 Å². The number of hydrogen-bond acceptors (Lipinski definition) is 2. The van der Waals surface area contributed by atoms with Crippen molar-refractivity contribution in [2.45, 2.75) is 12.5 Å². The number of nitrogens with one attached hydrogen (secondary N) is 1. The first-order valence-electron chi connectivity index (χ1n) is 6.09. The fraction of sp³-hybridized carbons (Fsp3) is 0.429. The summed E-state index contributed by atoms with van der Waals surface area (Å²) in [6.45, 7) is 7.71. The van der Waals surface area contributed by atoms with E-state index in [-0.39, 0.29) is 0 Å². The third-order valence-corrected chi connectivity index (χ3v) is 3.20. The molecule has 1 aliphatic rings. The molecule has 17 heavy (non-hydrogen) atoms. The van der Waals surface area contributed by atoms with E-state index in [1.807, 2.05) is 0 Å². The Bertz CT molecular complexity index is 364. The molecule has 2 rings (SSSR count). The summed E-state index contributed by atoms with van der Waals surface area (Å²) in [5, 5.41) is 4.31. The van der Waals surface area contributed by atoms with E-state index in [1.165, 1.54) is 5.56 Å². The maximum absolute atomic E-state index is 5.90. The Labute approximate surface area is 108 Å². The lowest BCUT2D eigenvalue weighted by molar-refractivity contribution is 0.294. The van der Waals surface area contributed by atoms with Crippen LogP contribution in [0.5, 0.6) is 0 Å². The molecule has 1 atom stereocenters. The summed E-state index contributed by atoms with van der Waals surface area (Å²) >= 11 is 5.90. The minimum Gasteiger partial charge on any atom is -0.309 e. The van der Waals surface area contributed by atoms with Gasteiger partial charge in [0.1, 0.15) is 0 Å². The average Bonchev–Trinajstić information content (AvgIpc) is 2.55. The van der Waals surface area contributed by atoms with Crippen molar-refractivity contribution in [1.29, 1.82) is 0 Å². The molecule has 1 aromatic rings. The maximum Gasteiger partial charge on any atom is 0.0449 e. The van der Waals surface area contributed by atoms with Gasteiger partial charge in [-0.3, -0.25) is 4.90 Å². The predicted octanol–water partition coefficient (Wildman–Crippen LogP) is 2.78. The summed E-state index contributed by atoms with van der Waals surface area (Å²) in [6.07, 6.45) is 1.16. The van der Waals surface area contributed by atoms with Gasteiger partial charge in [0.2, 0.25) is 0 Å². The fourth-order valence-electron chi connectivity index (χ4n) is 2.29. The third-order valence-electron chi connectivity index (χ3n) is 3.08. The van der Waals surface area contributed by atoms with Gasteiger partial charge in [-0.25, -0.2) is 0 Å². The van der Waals surface area contributed by atoms with Gasteiger partial charge in [-0.05, 0) is 25.1 Å². The Hall–Kier alpha value is -0.830. The number of rotatable bonds is 3. The summed E-state index contributed by atoms with van der Waals surface area (Å²) < 4.78 is 0. The Morgan fingerprint density at radius 2 is 2.18 bits per heavy atom. The van der Waals surface area contributed by atoms with Gasteiger partial charge in [-0.1, -0.05) is 48.5 Å². The van der Waals surface area contributed by atoms with Gasteiger partial charge in [0.25, 0.3) is 0 Å². The largest absolute Gasteiger partial charge is 0.309 e. The SMILES string of the molecule is C=C(Cl)CN1CCCNC(c2ccccc2)C1. The molecule has 1 fully saturated rings. The fourth-order valence-corrected chi connectivity index (χ4v) is 2.46. The summed E-state index contributed by atoms with van der Waals surface area (Å²) in [5.41, 5.74) is 1.35. The molecule has 1 heterocycles. The van der Waals surface area contributed by atoms with Gasteiger partial charge in [0.15, 0.2) is 0 Å². The molecule has 0 bridgehead atoms. The van der Waals surface area contributed by atoms with Gasteiger partial charge >= 0.3 is 0 Å². The minimum absolute atomic E-state index is 0.398. The zero-order valence-electron chi connectivity index (χ0n) is 10.0. The second-order valence-electron chi connectivity index (χ2n) is 4.52. The van der Waals surface area contributed by atoms with Crippen molar-refractivity contribution in [2.24, 2.45) is 0 Å². The van der Waals surface area contributed by atoms with Crippen molar-refractivity contribution >= 4 is 11.6 Å². The number of hydrogen-bond donors (Lipinski definition) is 1. The van der Waals surface area contributed by atoms with Crippen molar-refractivity contribution in [2.75, 3.05) is 26.2 Å². The van der Waals surface area contributed by atoms with Crippen LogP contribution in [0.15, 0.2) is 41.9 Å². The van der Waals surface area contributed by atoms with Crippen molar-refractivity contribution < 1.29 is 0 Å². The molecule has 2 nitrogen and oxygen atoms in total. The second kappa shape index (κ2) is 6.20. The molecule has 0 saturated carbocycles. The average molecular weight is 251 g/mol. The molecule has 0 spiro atoms. The first-order chi connectivity index (χ1) is 8.25. The predicted molar refractivity (Wildman–Crippen MR) is 73.2 cm³/mol. The van der Waals surface area contributed by atoms with E-state index < -0.39 is 0 Å². The van der Waals surface area contributed by atoms with E-state index in [2.05, 4.69) is 47.1 Å². The summed E-state index contributed by atoms with van der Waals surface area (Å²) in [7, 11) is 0. The van der Waals surface area contributed by atoms with Crippen molar-refractivity contribution in [3.63, 3.8) is 0 Å². The summed E-state index contributed by atoms with van der Waals surface area (Å²) in [4.78, 5) is 2.37. The summed E-state index contributed by atoms with van der Waals surface area (Å²) in [6, 6.07) is 11.0. The van der Waals surface area contributed by atoms with Crippen LogP contribution in [-0.4, -0.2) is 31.1 Å². The van der Waals surface area contributed by atoms with E-state index in [0.717, 1.165) is 37.6 Å². The smallest absolute Gasteiger partial charge is 0.0449 e. The lowest BCUT2D eigenvalue weighted by Gasteiger charge is -2.24. The normalized spacial score (nSPS) is 22.1. The Kier molecular flexibility index (Phi) is 4.60. The van der Waals surface area contributed by atoms with Gasteiger partial charge in [-0.15, -0.1) is 0 Å². The maximum atomic E-state index is 5.90. The zero-order chi connectivity index (χ0) is 12.1. The standard InChI is InChI=1S/C14H19ClN2/c1-12(15)10-17-9-5-8-16-14(11-17)13-6-3-2-4-7-13/h2-4,6-7,14,16H,1,5,8-11H2. The van der Waals surface area contributed by atoms with Crippen molar-refractivity contribution in [3.05, 3.63) is 47.5 Å². The highest BCUT2D eigenvalue weighted by Gasteiger charge is 2.18. The number of benzene rings is 1. The number of nitrogens with zero attached hydrogens (tertiary/aromatic N) is 1. The van der Waals surface area contributed by atoms with Crippen LogP contribution in [-0.2, 0) is 0 Å². The first kappa shape index (κ1) is 12.6. The quantitative estimate of drug-likeness (QED) is 0.888. The molecule has 0 aromatic heterocycles. The lowest BCUT2D eigenvalue weighted by Crippen LogP contribution is -2.32. The highest BCUT2D eigenvalue weighted by Crippen LogP contribution is 2.17. The van der Waals surface area contributed by atoms with Crippen LogP contribution in [0.3, 0.4) is 0 Å². The Balaban J connectivity index is 2.04. The molecule has 1 aliphatic heterocycles. The molecule has 1 N–H and O–H groups in total. The van der Waals surface area contributed by atoms with Gasteiger partial charge in [0.05, 0.1) is 0 Å². The van der Waals surface area contributed by atoms with E-state index in [9.17, 15) is 0 Å².